The largest absolute Gasteiger partial charge is 0.481 e. The third-order valence-corrected chi connectivity index (χ3v) is 0.817. The molecule has 49 valence electrons. The molecule has 0 aromatic heterocycles. The fourth-order valence-corrected chi connectivity index (χ4v) is 0.416. The fraction of sp³-hybridized carbons (Fsp3) is 0.800. The number of carboxylic acid groups (broad SMARTS) is 1. The molecule has 2 N–H and O–H groups in total. The summed E-state index contributed by atoms with van der Waals surface area (Å²) in [6, 6.07) is 0. The molecule has 0 fully saturated rings. The van der Waals surface area contributed by atoms with Gasteiger partial charge in [-0.3, -0.25) is 4.79 Å². The minimum atomic E-state index is -0.722. The van der Waals surface area contributed by atoms with Crippen molar-refractivity contribution in [1.29, 1.82) is 0 Å². The number of carboxylic acids is 1. The van der Waals surface area contributed by atoms with E-state index in [1.54, 1.807) is 0 Å². The quantitative estimate of drug-likeness (QED) is 0.399. The Labute approximate surface area is 67.0 Å². The van der Waals surface area contributed by atoms with E-state index in [-0.39, 0.29) is 25.3 Å². The van der Waals surface area contributed by atoms with Gasteiger partial charge >= 0.3 is 5.97 Å². The zero-order valence-electron chi connectivity index (χ0n) is 5.98. The first-order valence-corrected chi connectivity index (χ1v) is 2.63. The van der Waals surface area contributed by atoms with Crippen LogP contribution in [0.4, 0.5) is 0 Å². The molecule has 4 heteroatoms. The van der Waals surface area contributed by atoms with E-state index in [4.69, 9.17) is 5.11 Å². The molecule has 0 aliphatic rings. The molecule has 0 bridgehead atoms. The van der Waals surface area contributed by atoms with Crippen molar-refractivity contribution < 1.29 is 9.90 Å². The summed E-state index contributed by atoms with van der Waals surface area (Å²) in [6.07, 6.45) is 0.979. The van der Waals surface area contributed by atoms with Crippen LogP contribution in [0.1, 0.15) is 12.8 Å². The topological polar surface area (TPSA) is 49.3 Å². The van der Waals surface area contributed by atoms with Gasteiger partial charge in [-0.25, -0.2) is 0 Å². The van der Waals surface area contributed by atoms with Crippen molar-refractivity contribution in [2.45, 2.75) is 12.8 Å². The Morgan fingerprint density at radius 2 is 2.22 bits per heavy atom. The van der Waals surface area contributed by atoms with Gasteiger partial charge in [-0.05, 0) is 20.0 Å². The molecule has 0 atom stereocenters. The number of hydrogen-bond donors (Lipinski definition) is 2. The van der Waals surface area contributed by atoms with Gasteiger partial charge < -0.3 is 10.4 Å². The Hall–Kier alpha value is 0.0274. The van der Waals surface area contributed by atoms with Crippen molar-refractivity contribution in [3.63, 3.8) is 0 Å². The average Bonchev–Trinajstić information content (AvgIpc) is 1.66. The molecular weight excluding hydrogens is 113 g/mol. The Bertz CT molecular complexity index is 77.4. The standard InChI is InChI=1S/C5H11NO2.Li/c1-6-4-2-3-5(7)8;/h6H,2-4H2,1H3,(H,7,8);. The van der Waals surface area contributed by atoms with Gasteiger partial charge in [0.15, 0.2) is 0 Å². The van der Waals surface area contributed by atoms with Crippen molar-refractivity contribution in [1.82, 2.24) is 5.32 Å². The summed E-state index contributed by atoms with van der Waals surface area (Å²) in [5.74, 6) is -0.722. The molecule has 0 heterocycles. The maximum absolute atomic E-state index is 9.85. The molecule has 0 rings (SSSR count). The predicted molar refractivity (Wildman–Crippen MR) is 36.6 cm³/mol. The Kier molecular flexibility index (Phi) is 10.5. The van der Waals surface area contributed by atoms with Crippen LogP contribution in [0.2, 0.25) is 0 Å². The van der Waals surface area contributed by atoms with E-state index in [1.807, 2.05) is 7.05 Å². The van der Waals surface area contributed by atoms with Gasteiger partial charge in [0, 0.05) is 25.3 Å². The summed E-state index contributed by atoms with van der Waals surface area (Å²) < 4.78 is 0. The molecule has 9 heavy (non-hydrogen) atoms. The third-order valence-electron chi connectivity index (χ3n) is 0.817. The second-order valence-electron chi connectivity index (χ2n) is 1.60. The van der Waals surface area contributed by atoms with Crippen molar-refractivity contribution in [2.75, 3.05) is 13.6 Å². The Morgan fingerprint density at radius 1 is 1.67 bits per heavy atom. The van der Waals surface area contributed by atoms with Gasteiger partial charge in [0.1, 0.15) is 0 Å². The maximum Gasteiger partial charge on any atom is 0.303 e. The van der Waals surface area contributed by atoms with E-state index in [2.05, 4.69) is 5.32 Å². The summed E-state index contributed by atoms with van der Waals surface area (Å²) in [5.41, 5.74) is 0. The Morgan fingerprint density at radius 3 is 2.56 bits per heavy atom. The number of aliphatic carboxylic acids is 1. The van der Waals surface area contributed by atoms with Gasteiger partial charge in [0.2, 0.25) is 0 Å². The number of carbonyl (C=O) groups is 1. The van der Waals surface area contributed by atoms with Gasteiger partial charge in [-0.1, -0.05) is 0 Å². The van der Waals surface area contributed by atoms with E-state index in [0.717, 1.165) is 6.54 Å². The summed E-state index contributed by atoms with van der Waals surface area (Å²) in [7, 11) is 1.81. The van der Waals surface area contributed by atoms with Crippen molar-refractivity contribution in [3.8, 4) is 0 Å². The van der Waals surface area contributed by atoms with E-state index in [1.165, 1.54) is 0 Å². The monoisotopic (exact) mass is 124 g/mol. The third kappa shape index (κ3) is 11.5. The van der Waals surface area contributed by atoms with Gasteiger partial charge in [0.05, 0.1) is 0 Å². The van der Waals surface area contributed by atoms with Gasteiger partial charge in [0.25, 0.3) is 0 Å². The van der Waals surface area contributed by atoms with Gasteiger partial charge in [-0.2, -0.15) is 0 Å². The zero-order valence-corrected chi connectivity index (χ0v) is 5.98. The minimum absolute atomic E-state index is 0. The molecular formula is C5H11LiNO2. The molecule has 0 amide bonds. The average molecular weight is 124 g/mol. The van der Waals surface area contributed by atoms with Crippen molar-refractivity contribution >= 4 is 24.8 Å². The molecule has 0 aromatic rings. The second-order valence-corrected chi connectivity index (χ2v) is 1.60. The molecule has 0 aliphatic heterocycles. The van der Waals surface area contributed by atoms with E-state index >= 15 is 0 Å². The van der Waals surface area contributed by atoms with Crippen LogP contribution >= 0.6 is 0 Å². The van der Waals surface area contributed by atoms with Crippen LogP contribution in [0.15, 0.2) is 0 Å². The van der Waals surface area contributed by atoms with E-state index < -0.39 is 5.97 Å². The van der Waals surface area contributed by atoms with Crippen LogP contribution in [0, 0.1) is 0 Å². The summed E-state index contributed by atoms with van der Waals surface area (Å²) in [6.45, 7) is 0.784. The summed E-state index contributed by atoms with van der Waals surface area (Å²) in [5, 5.41) is 11.0. The van der Waals surface area contributed by atoms with E-state index in [9.17, 15) is 4.79 Å². The molecule has 0 aromatic carbocycles. The minimum Gasteiger partial charge on any atom is -0.481 e. The first-order valence-electron chi connectivity index (χ1n) is 2.63. The van der Waals surface area contributed by atoms with Crippen LogP contribution < -0.4 is 5.32 Å². The zero-order chi connectivity index (χ0) is 6.41. The molecule has 0 aliphatic carbocycles. The van der Waals surface area contributed by atoms with E-state index in [0.29, 0.717) is 6.42 Å². The number of rotatable bonds is 4. The summed E-state index contributed by atoms with van der Waals surface area (Å²) >= 11 is 0. The predicted octanol–water partition coefficient (Wildman–Crippen LogP) is -0.310. The van der Waals surface area contributed by atoms with Crippen LogP contribution in [0.3, 0.4) is 0 Å². The fourth-order valence-electron chi connectivity index (χ4n) is 0.416. The molecule has 0 spiro atoms. The normalized spacial score (nSPS) is 8.11. The van der Waals surface area contributed by atoms with Crippen molar-refractivity contribution in [3.05, 3.63) is 0 Å². The SMILES string of the molecule is CNCCCC(=O)O.[Li]. The van der Waals surface area contributed by atoms with Crippen LogP contribution in [-0.2, 0) is 4.79 Å². The first-order chi connectivity index (χ1) is 3.77. The molecule has 3 nitrogen and oxygen atoms in total. The van der Waals surface area contributed by atoms with Crippen LogP contribution in [0.5, 0.6) is 0 Å². The second kappa shape index (κ2) is 8.03. The summed E-state index contributed by atoms with van der Waals surface area (Å²) in [4.78, 5) is 9.85. The molecule has 0 saturated carbocycles. The van der Waals surface area contributed by atoms with Crippen LogP contribution in [0.25, 0.3) is 0 Å². The molecule has 0 unspecified atom stereocenters. The smallest absolute Gasteiger partial charge is 0.303 e. The Balaban J connectivity index is 0. The van der Waals surface area contributed by atoms with Crippen molar-refractivity contribution in [2.24, 2.45) is 0 Å². The molecule has 1 radical (unpaired) electrons. The maximum atomic E-state index is 9.85. The van der Waals surface area contributed by atoms with Crippen LogP contribution in [-0.4, -0.2) is 43.5 Å². The first kappa shape index (κ1) is 11.8. The van der Waals surface area contributed by atoms with Gasteiger partial charge in [-0.15, -0.1) is 0 Å². The number of hydrogen-bond acceptors (Lipinski definition) is 2. The molecule has 0 saturated heterocycles. The number of nitrogens with one attached hydrogen (secondary N) is 1.